The first-order chi connectivity index (χ1) is 8.10. The average Bonchev–Trinajstić information content (AvgIpc) is 2.28. The monoisotopic (exact) mass is 255 g/mol. The zero-order chi connectivity index (χ0) is 12.8. The van der Waals surface area contributed by atoms with Crippen LogP contribution in [0.15, 0.2) is 12.1 Å². The van der Waals surface area contributed by atoms with Crippen molar-refractivity contribution in [2.75, 3.05) is 12.4 Å². The standard InChI is InChI=1S/C12H14ClNO3/c1-8(16)14-12-9(4-3-7-15)10(13)5-6-11(12)17-2/h5-7H,3-4H2,1-2H3,(H,14,16). The molecule has 0 aliphatic carbocycles. The van der Waals surface area contributed by atoms with E-state index in [-0.39, 0.29) is 5.91 Å². The fourth-order valence-corrected chi connectivity index (χ4v) is 1.78. The summed E-state index contributed by atoms with van der Waals surface area (Å²) >= 11 is 6.05. The van der Waals surface area contributed by atoms with E-state index in [0.717, 1.165) is 6.29 Å². The maximum Gasteiger partial charge on any atom is 0.221 e. The van der Waals surface area contributed by atoms with Crippen molar-refractivity contribution in [1.29, 1.82) is 0 Å². The van der Waals surface area contributed by atoms with Gasteiger partial charge in [-0.05, 0) is 24.1 Å². The third kappa shape index (κ3) is 3.46. The topological polar surface area (TPSA) is 55.4 Å². The van der Waals surface area contributed by atoms with Gasteiger partial charge < -0.3 is 14.8 Å². The summed E-state index contributed by atoms with van der Waals surface area (Å²) in [6, 6.07) is 3.36. The zero-order valence-electron chi connectivity index (χ0n) is 9.75. The molecular formula is C12H14ClNO3. The van der Waals surface area contributed by atoms with Crippen molar-refractivity contribution in [2.24, 2.45) is 0 Å². The second-order valence-electron chi connectivity index (χ2n) is 3.49. The maximum absolute atomic E-state index is 11.1. The highest BCUT2D eigenvalue weighted by atomic mass is 35.5. The molecule has 4 nitrogen and oxygen atoms in total. The third-order valence-electron chi connectivity index (χ3n) is 2.25. The molecule has 1 amide bonds. The number of hydrogen-bond donors (Lipinski definition) is 1. The van der Waals surface area contributed by atoms with Crippen LogP contribution in [-0.2, 0) is 16.0 Å². The van der Waals surface area contributed by atoms with Crippen LogP contribution in [0.3, 0.4) is 0 Å². The van der Waals surface area contributed by atoms with Crippen molar-refractivity contribution in [3.63, 3.8) is 0 Å². The largest absolute Gasteiger partial charge is 0.495 e. The van der Waals surface area contributed by atoms with E-state index in [2.05, 4.69) is 5.32 Å². The summed E-state index contributed by atoms with van der Waals surface area (Å²) in [5, 5.41) is 3.19. The Morgan fingerprint density at radius 3 is 2.76 bits per heavy atom. The van der Waals surface area contributed by atoms with Crippen LogP contribution in [-0.4, -0.2) is 19.3 Å². The quantitative estimate of drug-likeness (QED) is 0.822. The van der Waals surface area contributed by atoms with Gasteiger partial charge in [0.05, 0.1) is 12.8 Å². The number of aldehydes is 1. The second-order valence-corrected chi connectivity index (χ2v) is 3.90. The lowest BCUT2D eigenvalue weighted by atomic mass is 10.1. The van der Waals surface area contributed by atoms with Gasteiger partial charge in [-0.25, -0.2) is 0 Å². The SMILES string of the molecule is COc1ccc(Cl)c(CCC=O)c1NC(C)=O. The first-order valence-corrected chi connectivity index (χ1v) is 5.54. The number of hydrogen-bond acceptors (Lipinski definition) is 3. The Balaban J connectivity index is 3.20. The summed E-state index contributed by atoms with van der Waals surface area (Å²) in [5.41, 5.74) is 1.25. The Morgan fingerprint density at radius 2 is 2.24 bits per heavy atom. The van der Waals surface area contributed by atoms with Crippen LogP contribution in [0, 0.1) is 0 Å². The molecule has 0 heterocycles. The number of nitrogens with one attached hydrogen (secondary N) is 1. The molecule has 0 saturated heterocycles. The molecule has 1 aromatic carbocycles. The van der Waals surface area contributed by atoms with Crippen LogP contribution in [0.1, 0.15) is 18.9 Å². The van der Waals surface area contributed by atoms with Crippen LogP contribution >= 0.6 is 11.6 Å². The molecular weight excluding hydrogens is 242 g/mol. The van der Waals surface area contributed by atoms with Gasteiger partial charge in [0.1, 0.15) is 12.0 Å². The van der Waals surface area contributed by atoms with E-state index in [0.29, 0.717) is 34.9 Å². The van der Waals surface area contributed by atoms with Crippen molar-refractivity contribution in [3.05, 3.63) is 22.7 Å². The van der Waals surface area contributed by atoms with E-state index in [1.54, 1.807) is 12.1 Å². The normalized spacial score (nSPS) is 9.82. The van der Waals surface area contributed by atoms with Crippen LogP contribution in [0.5, 0.6) is 5.75 Å². The van der Waals surface area contributed by atoms with E-state index in [1.165, 1.54) is 14.0 Å². The van der Waals surface area contributed by atoms with Gasteiger partial charge in [0.15, 0.2) is 0 Å². The Kier molecular flexibility index (Phi) is 4.97. The highest BCUT2D eigenvalue weighted by Crippen LogP contribution is 2.34. The van der Waals surface area contributed by atoms with Crippen LogP contribution in [0.2, 0.25) is 5.02 Å². The number of ether oxygens (including phenoxy) is 1. The minimum Gasteiger partial charge on any atom is -0.495 e. The van der Waals surface area contributed by atoms with Gasteiger partial charge in [0.2, 0.25) is 5.91 Å². The predicted octanol–water partition coefficient (Wildman–Crippen LogP) is 2.44. The van der Waals surface area contributed by atoms with E-state index >= 15 is 0 Å². The van der Waals surface area contributed by atoms with Crippen molar-refractivity contribution >= 4 is 29.5 Å². The summed E-state index contributed by atoms with van der Waals surface area (Å²) in [5.74, 6) is 0.323. The molecule has 0 aliphatic heterocycles. The van der Waals surface area contributed by atoms with E-state index < -0.39 is 0 Å². The fraction of sp³-hybridized carbons (Fsp3) is 0.333. The van der Waals surface area contributed by atoms with Gasteiger partial charge in [0.25, 0.3) is 0 Å². The van der Waals surface area contributed by atoms with Gasteiger partial charge in [0, 0.05) is 18.4 Å². The molecule has 1 aromatic rings. The highest BCUT2D eigenvalue weighted by Gasteiger charge is 2.13. The summed E-state index contributed by atoms with van der Waals surface area (Å²) in [6.45, 7) is 1.41. The van der Waals surface area contributed by atoms with Crippen LogP contribution in [0.25, 0.3) is 0 Å². The zero-order valence-corrected chi connectivity index (χ0v) is 10.5. The minimum atomic E-state index is -0.210. The van der Waals surface area contributed by atoms with Crippen LogP contribution < -0.4 is 10.1 Å². The summed E-state index contributed by atoms with van der Waals surface area (Å²) in [4.78, 5) is 21.6. The van der Waals surface area contributed by atoms with Crippen molar-refractivity contribution in [2.45, 2.75) is 19.8 Å². The Hall–Kier alpha value is -1.55. The molecule has 0 aromatic heterocycles. The third-order valence-corrected chi connectivity index (χ3v) is 2.60. The van der Waals surface area contributed by atoms with Crippen molar-refractivity contribution in [1.82, 2.24) is 0 Å². The van der Waals surface area contributed by atoms with Gasteiger partial charge >= 0.3 is 0 Å². The molecule has 5 heteroatoms. The molecule has 0 bridgehead atoms. The van der Waals surface area contributed by atoms with E-state index in [1.807, 2.05) is 0 Å². The maximum atomic E-state index is 11.1. The van der Waals surface area contributed by atoms with E-state index in [4.69, 9.17) is 16.3 Å². The molecule has 1 N–H and O–H groups in total. The number of carbonyl (C=O) groups excluding carboxylic acids is 2. The first-order valence-electron chi connectivity index (χ1n) is 5.16. The van der Waals surface area contributed by atoms with Crippen molar-refractivity contribution < 1.29 is 14.3 Å². The number of amides is 1. The first kappa shape index (κ1) is 13.5. The number of methoxy groups -OCH3 is 1. The van der Waals surface area contributed by atoms with Gasteiger partial charge in [-0.1, -0.05) is 11.6 Å². The fourth-order valence-electron chi connectivity index (χ4n) is 1.53. The van der Waals surface area contributed by atoms with Crippen LogP contribution in [0.4, 0.5) is 5.69 Å². The average molecular weight is 256 g/mol. The molecule has 0 unspecified atom stereocenters. The van der Waals surface area contributed by atoms with E-state index in [9.17, 15) is 9.59 Å². The highest BCUT2D eigenvalue weighted by molar-refractivity contribution is 6.32. The van der Waals surface area contributed by atoms with Gasteiger partial charge in [-0.15, -0.1) is 0 Å². The summed E-state index contributed by atoms with van der Waals surface area (Å²) in [6.07, 6.45) is 1.63. The lowest BCUT2D eigenvalue weighted by Gasteiger charge is -2.15. The second kappa shape index (κ2) is 6.25. The Morgan fingerprint density at radius 1 is 1.53 bits per heavy atom. The number of rotatable bonds is 5. The molecule has 0 aliphatic rings. The molecule has 92 valence electrons. The molecule has 0 spiro atoms. The number of halogens is 1. The van der Waals surface area contributed by atoms with Gasteiger partial charge in [-0.2, -0.15) is 0 Å². The minimum absolute atomic E-state index is 0.210. The molecule has 0 fully saturated rings. The smallest absolute Gasteiger partial charge is 0.221 e. The molecule has 17 heavy (non-hydrogen) atoms. The predicted molar refractivity (Wildman–Crippen MR) is 66.7 cm³/mol. The molecule has 1 rings (SSSR count). The van der Waals surface area contributed by atoms with Crippen molar-refractivity contribution in [3.8, 4) is 5.75 Å². The Bertz CT molecular complexity index is 432. The molecule has 0 atom stereocenters. The van der Waals surface area contributed by atoms with Gasteiger partial charge in [-0.3, -0.25) is 4.79 Å². The summed E-state index contributed by atoms with van der Waals surface area (Å²) in [7, 11) is 1.51. The lowest BCUT2D eigenvalue weighted by molar-refractivity contribution is -0.114. The number of benzene rings is 1. The Labute approximate surface area is 105 Å². The number of anilines is 1. The molecule has 0 saturated carbocycles. The summed E-state index contributed by atoms with van der Waals surface area (Å²) < 4.78 is 5.16. The lowest BCUT2D eigenvalue weighted by Crippen LogP contribution is -2.10. The molecule has 0 radical (unpaired) electrons. The number of carbonyl (C=O) groups is 2.